The van der Waals surface area contributed by atoms with Crippen LogP contribution in [0.1, 0.15) is 36.2 Å². The molecule has 1 aromatic rings. The molecule has 1 aromatic carbocycles. The van der Waals surface area contributed by atoms with E-state index in [4.69, 9.17) is 0 Å². The van der Waals surface area contributed by atoms with Crippen LogP contribution in [-0.4, -0.2) is 53.0 Å². The summed E-state index contributed by atoms with van der Waals surface area (Å²) in [5.41, 5.74) is 1.41. The Hall–Kier alpha value is -1.55. The van der Waals surface area contributed by atoms with Crippen LogP contribution in [-0.2, 0) is 0 Å². The van der Waals surface area contributed by atoms with Gasteiger partial charge in [0.05, 0.1) is 5.56 Å². The third kappa shape index (κ3) is 3.12. The minimum Gasteiger partial charge on any atom is -0.507 e. The average Bonchev–Trinajstić information content (AvgIpc) is 2.48. The second-order valence-electron chi connectivity index (χ2n) is 5.61. The molecule has 1 aliphatic heterocycles. The number of hydrogen-bond acceptors (Lipinski definition) is 3. The molecule has 0 saturated carbocycles. The molecule has 0 spiro atoms. The molecule has 1 unspecified atom stereocenters. The summed E-state index contributed by atoms with van der Waals surface area (Å²) in [5, 5.41) is 9.86. The molecule has 0 aliphatic carbocycles. The highest BCUT2D eigenvalue weighted by Gasteiger charge is 2.25. The lowest BCUT2D eigenvalue weighted by molar-refractivity contribution is 0.0577. The van der Waals surface area contributed by atoms with E-state index in [0.29, 0.717) is 11.6 Å². The first kappa shape index (κ1) is 14.9. The molecule has 1 aliphatic rings. The summed E-state index contributed by atoms with van der Waals surface area (Å²) in [6, 6.07) is 5.74. The minimum atomic E-state index is -0.0602. The molecule has 20 heavy (non-hydrogen) atoms. The Morgan fingerprint density at radius 1 is 1.30 bits per heavy atom. The molecule has 1 fully saturated rings. The van der Waals surface area contributed by atoms with E-state index in [0.717, 1.165) is 38.2 Å². The fraction of sp³-hybridized carbons (Fsp3) is 0.562. The lowest BCUT2D eigenvalue weighted by Gasteiger charge is -2.37. The number of piperazine rings is 1. The number of hydrogen-bond donors (Lipinski definition) is 1. The Morgan fingerprint density at radius 3 is 2.55 bits per heavy atom. The van der Waals surface area contributed by atoms with Gasteiger partial charge in [0, 0.05) is 32.2 Å². The Morgan fingerprint density at radius 2 is 1.95 bits per heavy atom. The van der Waals surface area contributed by atoms with Crippen molar-refractivity contribution in [3.05, 3.63) is 29.3 Å². The number of carbonyl (C=O) groups is 1. The summed E-state index contributed by atoms with van der Waals surface area (Å²) in [4.78, 5) is 16.7. The summed E-state index contributed by atoms with van der Waals surface area (Å²) in [5.74, 6) is 0.0138. The molecule has 1 amide bonds. The molecule has 2 rings (SSSR count). The maximum absolute atomic E-state index is 12.5. The van der Waals surface area contributed by atoms with Crippen LogP contribution in [0.4, 0.5) is 0 Å². The maximum Gasteiger partial charge on any atom is 0.257 e. The van der Waals surface area contributed by atoms with Crippen LogP contribution in [0.3, 0.4) is 0 Å². The summed E-state index contributed by atoms with van der Waals surface area (Å²) in [6.07, 6.45) is 1.13. The van der Waals surface area contributed by atoms with Crippen molar-refractivity contribution in [1.82, 2.24) is 9.80 Å². The van der Waals surface area contributed by atoms with Crippen LogP contribution < -0.4 is 0 Å². The van der Waals surface area contributed by atoms with E-state index in [1.807, 2.05) is 17.9 Å². The lowest BCUT2D eigenvalue weighted by atomic mass is 10.1. The molecule has 1 atom stereocenters. The van der Waals surface area contributed by atoms with Crippen LogP contribution in [0, 0.1) is 6.92 Å². The summed E-state index contributed by atoms with van der Waals surface area (Å²) in [7, 11) is 0. The predicted octanol–water partition coefficient (Wildman–Crippen LogP) is 2.26. The highest BCUT2D eigenvalue weighted by atomic mass is 16.3. The first-order chi connectivity index (χ1) is 9.52. The molecule has 110 valence electrons. The van der Waals surface area contributed by atoms with Gasteiger partial charge in [0.15, 0.2) is 0 Å². The molecule has 1 N–H and O–H groups in total. The molecule has 0 radical (unpaired) electrons. The van der Waals surface area contributed by atoms with Gasteiger partial charge in [0.1, 0.15) is 5.75 Å². The van der Waals surface area contributed by atoms with Gasteiger partial charge in [0.2, 0.25) is 0 Å². The van der Waals surface area contributed by atoms with Gasteiger partial charge in [-0.15, -0.1) is 0 Å². The standard InChI is InChI=1S/C16H24N2O2/c1-4-13(3)17-7-9-18(10-8-17)16(20)14-11-12(2)5-6-15(14)19/h5-6,11,13,19H,4,7-10H2,1-3H3. The minimum absolute atomic E-state index is 0.0602. The van der Waals surface area contributed by atoms with Gasteiger partial charge in [0.25, 0.3) is 5.91 Å². The Bertz CT molecular complexity index is 479. The van der Waals surface area contributed by atoms with E-state index in [1.54, 1.807) is 12.1 Å². The van der Waals surface area contributed by atoms with Gasteiger partial charge in [-0.2, -0.15) is 0 Å². The Kier molecular flexibility index (Phi) is 4.65. The number of rotatable bonds is 3. The number of nitrogens with zero attached hydrogens (tertiary/aromatic N) is 2. The van der Waals surface area contributed by atoms with Gasteiger partial charge in [-0.3, -0.25) is 9.69 Å². The molecule has 0 bridgehead atoms. The van der Waals surface area contributed by atoms with Crippen molar-refractivity contribution >= 4 is 5.91 Å². The Labute approximate surface area is 121 Å². The number of aromatic hydroxyl groups is 1. The van der Waals surface area contributed by atoms with Gasteiger partial charge in [-0.1, -0.05) is 18.6 Å². The smallest absolute Gasteiger partial charge is 0.257 e. The van der Waals surface area contributed by atoms with Crippen LogP contribution in [0.25, 0.3) is 0 Å². The number of carbonyl (C=O) groups excluding carboxylic acids is 1. The summed E-state index contributed by atoms with van der Waals surface area (Å²) in [6.45, 7) is 9.63. The number of benzene rings is 1. The molecule has 4 heteroatoms. The fourth-order valence-corrected chi connectivity index (χ4v) is 2.62. The zero-order valence-corrected chi connectivity index (χ0v) is 12.6. The number of phenolic OH excluding ortho intramolecular Hbond substituents is 1. The van der Waals surface area contributed by atoms with E-state index < -0.39 is 0 Å². The Balaban J connectivity index is 2.03. The van der Waals surface area contributed by atoms with Crippen LogP contribution in [0.2, 0.25) is 0 Å². The molecule has 0 aromatic heterocycles. The zero-order chi connectivity index (χ0) is 14.7. The monoisotopic (exact) mass is 276 g/mol. The first-order valence-electron chi connectivity index (χ1n) is 7.36. The van der Waals surface area contributed by atoms with Crippen LogP contribution in [0.15, 0.2) is 18.2 Å². The number of aryl methyl sites for hydroxylation is 1. The van der Waals surface area contributed by atoms with Crippen molar-refractivity contribution in [3.8, 4) is 5.75 Å². The number of amides is 1. The topological polar surface area (TPSA) is 43.8 Å². The van der Waals surface area contributed by atoms with E-state index >= 15 is 0 Å². The van der Waals surface area contributed by atoms with Gasteiger partial charge < -0.3 is 10.0 Å². The summed E-state index contributed by atoms with van der Waals surface area (Å²) < 4.78 is 0. The molecule has 1 heterocycles. The lowest BCUT2D eigenvalue weighted by Crippen LogP contribution is -2.51. The van der Waals surface area contributed by atoms with Gasteiger partial charge in [-0.25, -0.2) is 0 Å². The van der Waals surface area contributed by atoms with Crippen molar-refractivity contribution in [2.45, 2.75) is 33.2 Å². The largest absolute Gasteiger partial charge is 0.507 e. The van der Waals surface area contributed by atoms with Crippen molar-refractivity contribution in [1.29, 1.82) is 0 Å². The summed E-state index contributed by atoms with van der Waals surface area (Å²) >= 11 is 0. The van der Waals surface area contributed by atoms with E-state index in [1.165, 1.54) is 0 Å². The second-order valence-corrected chi connectivity index (χ2v) is 5.61. The van der Waals surface area contributed by atoms with E-state index in [2.05, 4.69) is 18.7 Å². The first-order valence-corrected chi connectivity index (χ1v) is 7.36. The third-order valence-corrected chi connectivity index (χ3v) is 4.20. The SMILES string of the molecule is CCC(C)N1CCN(C(=O)c2cc(C)ccc2O)CC1. The second kappa shape index (κ2) is 6.27. The molecule has 4 nitrogen and oxygen atoms in total. The van der Waals surface area contributed by atoms with Crippen LogP contribution >= 0.6 is 0 Å². The third-order valence-electron chi connectivity index (χ3n) is 4.20. The van der Waals surface area contributed by atoms with Gasteiger partial charge in [-0.05, 0) is 32.4 Å². The quantitative estimate of drug-likeness (QED) is 0.921. The van der Waals surface area contributed by atoms with Crippen LogP contribution in [0.5, 0.6) is 5.75 Å². The van der Waals surface area contributed by atoms with Crippen molar-refractivity contribution in [2.24, 2.45) is 0 Å². The highest BCUT2D eigenvalue weighted by Crippen LogP contribution is 2.21. The van der Waals surface area contributed by atoms with Crippen molar-refractivity contribution in [2.75, 3.05) is 26.2 Å². The zero-order valence-electron chi connectivity index (χ0n) is 12.6. The molecular weight excluding hydrogens is 252 g/mol. The van der Waals surface area contributed by atoms with Crippen molar-refractivity contribution in [3.63, 3.8) is 0 Å². The normalized spacial score (nSPS) is 18.1. The highest BCUT2D eigenvalue weighted by molar-refractivity contribution is 5.97. The van der Waals surface area contributed by atoms with E-state index in [-0.39, 0.29) is 11.7 Å². The maximum atomic E-state index is 12.5. The average molecular weight is 276 g/mol. The van der Waals surface area contributed by atoms with Gasteiger partial charge >= 0.3 is 0 Å². The molecular formula is C16H24N2O2. The molecule has 1 saturated heterocycles. The van der Waals surface area contributed by atoms with E-state index in [9.17, 15) is 9.90 Å². The number of phenols is 1. The fourth-order valence-electron chi connectivity index (χ4n) is 2.62. The predicted molar refractivity (Wildman–Crippen MR) is 80.1 cm³/mol. The van der Waals surface area contributed by atoms with Crippen molar-refractivity contribution < 1.29 is 9.90 Å².